The first kappa shape index (κ1) is 10.6. The molecule has 0 aliphatic rings. The highest BCUT2D eigenvalue weighted by Crippen LogP contribution is 2.28. The first-order chi connectivity index (χ1) is 6.67. The summed E-state index contributed by atoms with van der Waals surface area (Å²) in [6.07, 6.45) is 1.36. The largest absolute Gasteiger partial charge is 0.707 e. The van der Waals surface area contributed by atoms with Gasteiger partial charge in [-0.15, -0.1) is 0 Å². The molecular formula is C7H10BNO5. The van der Waals surface area contributed by atoms with E-state index in [1.54, 1.807) is 0 Å². The molecule has 0 aliphatic heterocycles. The van der Waals surface area contributed by atoms with E-state index < -0.39 is 7.32 Å². The van der Waals surface area contributed by atoms with Crippen molar-refractivity contribution in [3.8, 4) is 17.4 Å². The van der Waals surface area contributed by atoms with E-state index in [2.05, 4.69) is 9.64 Å². The summed E-state index contributed by atoms with van der Waals surface area (Å²) in [4.78, 5) is 3.85. The smallest absolute Gasteiger partial charge is 0.509 e. The lowest BCUT2D eigenvalue weighted by atomic mass is 10.2. The van der Waals surface area contributed by atoms with Gasteiger partial charge in [-0.05, 0) is 0 Å². The van der Waals surface area contributed by atoms with Gasteiger partial charge in [0.2, 0.25) is 5.88 Å². The fourth-order valence-electron chi connectivity index (χ4n) is 0.877. The molecule has 7 heteroatoms. The van der Waals surface area contributed by atoms with E-state index in [-0.39, 0.29) is 5.75 Å². The molecular weight excluding hydrogens is 189 g/mol. The maximum atomic E-state index is 8.61. The maximum absolute atomic E-state index is 8.61. The van der Waals surface area contributed by atoms with Gasteiger partial charge in [-0.25, -0.2) is 4.98 Å². The number of ether oxygens (including phenoxy) is 2. The molecule has 6 nitrogen and oxygen atoms in total. The van der Waals surface area contributed by atoms with Gasteiger partial charge in [0.1, 0.15) is 0 Å². The molecule has 1 rings (SSSR count). The molecule has 0 amide bonds. The Labute approximate surface area is 81.2 Å². The summed E-state index contributed by atoms with van der Waals surface area (Å²) < 4.78 is 14.4. The summed E-state index contributed by atoms with van der Waals surface area (Å²) in [6.45, 7) is 0. The predicted octanol–water partition coefficient (Wildman–Crippen LogP) is -0.553. The van der Waals surface area contributed by atoms with Gasteiger partial charge >= 0.3 is 7.32 Å². The molecule has 0 radical (unpaired) electrons. The third kappa shape index (κ3) is 2.51. The van der Waals surface area contributed by atoms with E-state index in [1.807, 2.05) is 0 Å². The zero-order valence-electron chi connectivity index (χ0n) is 7.80. The Balaban J connectivity index is 2.96. The van der Waals surface area contributed by atoms with Crippen LogP contribution in [0.5, 0.6) is 17.4 Å². The van der Waals surface area contributed by atoms with Crippen LogP contribution in [0.4, 0.5) is 0 Å². The molecule has 0 atom stereocenters. The van der Waals surface area contributed by atoms with Crippen molar-refractivity contribution in [1.29, 1.82) is 0 Å². The lowest BCUT2D eigenvalue weighted by Gasteiger charge is -2.10. The van der Waals surface area contributed by atoms with Gasteiger partial charge in [0.25, 0.3) is 0 Å². The van der Waals surface area contributed by atoms with E-state index in [1.165, 1.54) is 26.5 Å². The summed E-state index contributed by atoms with van der Waals surface area (Å²) in [5.41, 5.74) is 0. The Morgan fingerprint density at radius 3 is 2.43 bits per heavy atom. The number of pyridine rings is 1. The zero-order chi connectivity index (χ0) is 10.6. The molecule has 0 bridgehead atoms. The minimum atomic E-state index is -1.91. The number of rotatable bonds is 4. The van der Waals surface area contributed by atoms with Crippen molar-refractivity contribution in [2.45, 2.75) is 0 Å². The molecule has 2 N–H and O–H groups in total. The highest BCUT2D eigenvalue weighted by molar-refractivity contribution is 6.33. The minimum absolute atomic E-state index is 0.148. The van der Waals surface area contributed by atoms with Crippen molar-refractivity contribution in [2.24, 2.45) is 0 Å². The van der Waals surface area contributed by atoms with Gasteiger partial charge in [-0.1, -0.05) is 0 Å². The maximum Gasteiger partial charge on any atom is 0.707 e. The molecule has 0 aliphatic carbocycles. The van der Waals surface area contributed by atoms with Crippen molar-refractivity contribution in [2.75, 3.05) is 14.2 Å². The van der Waals surface area contributed by atoms with E-state index in [4.69, 9.17) is 19.5 Å². The Hall–Kier alpha value is -1.47. The minimum Gasteiger partial charge on any atom is -0.509 e. The van der Waals surface area contributed by atoms with Gasteiger partial charge in [0.05, 0.1) is 20.4 Å². The molecule has 1 aromatic rings. The van der Waals surface area contributed by atoms with Crippen LogP contribution in [0.2, 0.25) is 0 Å². The summed E-state index contributed by atoms with van der Waals surface area (Å²) in [7, 11) is 0.949. The number of methoxy groups -OCH3 is 2. The molecule has 0 saturated carbocycles. The van der Waals surface area contributed by atoms with Gasteiger partial charge < -0.3 is 24.2 Å². The third-order valence-corrected chi connectivity index (χ3v) is 1.47. The fourth-order valence-corrected chi connectivity index (χ4v) is 0.877. The van der Waals surface area contributed by atoms with Gasteiger partial charge in [0.15, 0.2) is 11.5 Å². The molecule has 0 unspecified atom stereocenters. The second kappa shape index (κ2) is 4.68. The first-order valence-electron chi connectivity index (χ1n) is 3.78. The molecule has 1 heterocycles. The summed E-state index contributed by atoms with van der Waals surface area (Å²) in [5, 5.41) is 17.2. The van der Waals surface area contributed by atoms with Crippen molar-refractivity contribution in [3.05, 3.63) is 12.3 Å². The Bertz CT molecular complexity index is 306. The third-order valence-electron chi connectivity index (χ3n) is 1.47. The number of aromatic nitrogens is 1. The highest BCUT2D eigenvalue weighted by atomic mass is 16.6. The lowest BCUT2D eigenvalue weighted by Crippen LogP contribution is -2.21. The topological polar surface area (TPSA) is 81.0 Å². The average Bonchev–Trinajstić information content (AvgIpc) is 2.16. The summed E-state index contributed by atoms with van der Waals surface area (Å²) in [6, 6.07) is 1.39. The monoisotopic (exact) mass is 199 g/mol. The van der Waals surface area contributed by atoms with E-state index in [9.17, 15) is 0 Å². The lowest BCUT2D eigenvalue weighted by molar-refractivity contribution is 0.277. The van der Waals surface area contributed by atoms with E-state index >= 15 is 0 Å². The average molecular weight is 199 g/mol. The molecule has 0 fully saturated rings. The highest BCUT2D eigenvalue weighted by Gasteiger charge is 2.16. The van der Waals surface area contributed by atoms with Crippen LogP contribution >= 0.6 is 0 Å². The van der Waals surface area contributed by atoms with Crippen LogP contribution < -0.4 is 14.1 Å². The SMILES string of the molecule is COc1cc(OB(O)O)c(OC)cn1. The Kier molecular flexibility index (Phi) is 3.55. The van der Waals surface area contributed by atoms with E-state index in [0.29, 0.717) is 11.6 Å². The van der Waals surface area contributed by atoms with Crippen molar-refractivity contribution in [3.63, 3.8) is 0 Å². The Morgan fingerprint density at radius 2 is 1.93 bits per heavy atom. The van der Waals surface area contributed by atoms with Crippen molar-refractivity contribution < 1.29 is 24.2 Å². The van der Waals surface area contributed by atoms with Gasteiger partial charge in [-0.3, -0.25) is 0 Å². The van der Waals surface area contributed by atoms with Crippen LogP contribution in [-0.4, -0.2) is 36.6 Å². The number of nitrogens with zero attached hydrogens (tertiary/aromatic N) is 1. The second-order valence-corrected chi connectivity index (χ2v) is 2.32. The van der Waals surface area contributed by atoms with Crippen LogP contribution in [0.1, 0.15) is 0 Å². The van der Waals surface area contributed by atoms with Gasteiger partial charge in [-0.2, -0.15) is 0 Å². The van der Waals surface area contributed by atoms with Crippen LogP contribution in [0.25, 0.3) is 0 Å². The molecule has 1 aromatic heterocycles. The zero-order valence-corrected chi connectivity index (χ0v) is 7.80. The standard InChI is InChI=1S/C7H10BNO5/c1-12-6-4-9-7(13-2)3-5(6)14-8(10)11/h3-4,10-11H,1-2H3. The molecule has 76 valence electrons. The Morgan fingerprint density at radius 1 is 1.21 bits per heavy atom. The van der Waals surface area contributed by atoms with Crippen LogP contribution in [0.3, 0.4) is 0 Å². The summed E-state index contributed by atoms with van der Waals surface area (Å²) >= 11 is 0. The second-order valence-electron chi connectivity index (χ2n) is 2.32. The predicted molar refractivity (Wildman–Crippen MR) is 48.2 cm³/mol. The van der Waals surface area contributed by atoms with Crippen LogP contribution in [-0.2, 0) is 0 Å². The summed E-state index contributed by atoms with van der Waals surface area (Å²) in [5.74, 6) is 0.731. The first-order valence-corrected chi connectivity index (χ1v) is 3.78. The van der Waals surface area contributed by atoms with Crippen LogP contribution in [0, 0.1) is 0 Å². The number of hydrogen-bond donors (Lipinski definition) is 2. The number of hydrogen-bond acceptors (Lipinski definition) is 6. The van der Waals surface area contributed by atoms with Crippen molar-refractivity contribution in [1.82, 2.24) is 4.98 Å². The molecule has 0 saturated heterocycles. The van der Waals surface area contributed by atoms with Crippen LogP contribution in [0.15, 0.2) is 12.3 Å². The fraction of sp³-hybridized carbons (Fsp3) is 0.286. The van der Waals surface area contributed by atoms with E-state index in [0.717, 1.165) is 0 Å². The molecule has 14 heavy (non-hydrogen) atoms. The van der Waals surface area contributed by atoms with Gasteiger partial charge in [0, 0.05) is 6.07 Å². The van der Waals surface area contributed by atoms with Crippen molar-refractivity contribution >= 4 is 7.32 Å². The normalized spacial score (nSPS) is 9.43. The quantitative estimate of drug-likeness (QED) is 0.633. The molecule has 0 aromatic carbocycles. The molecule has 0 spiro atoms.